The number of amides is 2. The van der Waals surface area contributed by atoms with Gasteiger partial charge in [0.2, 0.25) is 28.9 Å². The first kappa shape index (κ1) is 32.1. The Hall–Kier alpha value is -4.80. The summed E-state index contributed by atoms with van der Waals surface area (Å²) in [5, 5.41) is 9.11. The summed E-state index contributed by atoms with van der Waals surface area (Å²) in [6.45, 7) is 5.38. The minimum absolute atomic E-state index is 0.117. The largest absolute Gasteiger partial charge is 0.493 e. The molecule has 0 spiro atoms. The molecule has 11 nitrogen and oxygen atoms in total. The van der Waals surface area contributed by atoms with Gasteiger partial charge in [0.25, 0.3) is 0 Å². The van der Waals surface area contributed by atoms with Crippen LogP contribution in [-0.2, 0) is 16.0 Å². The Labute approximate surface area is 257 Å². The lowest BCUT2D eigenvalue weighted by molar-refractivity contribution is -0.120. The second-order valence-corrected chi connectivity index (χ2v) is 10.7. The second-order valence-electron chi connectivity index (χ2n) is 10.7. The third kappa shape index (κ3) is 6.72. The van der Waals surface area contributed by atoms with Gasteiger partial charge in [0, 0.05) is 18.6 Å². The van der Waals surface area contributed by atoms with Crippen LogP contribution in [-0.4, -0.2) is 51.3 Å². The number of pyridine rings is 1. The fraction of sp³-hybridized carbons (Fsp3) is 0.394. The molecular formula is C33H40N4O7. The van der Waals surface area contributed by atoms with Gasteiger partial charge in [0.05, 0.1) is 52.1 Å². The fourth-order valence-electron chi connectivity index (χ4n) is 5.49. The average Bonchev–Trinajstić information content (AvgIpc) is 3.26. The zero-order chi connectivity index (χ0) is 32.0. The zero-order valence-corrected chi connectivity index (χ0v) is 26.2. The number of benzene rings is 1. The van der Waals surface area contributed by atoms with E-state index in [2.05, 4.69) is 20.9 Å². The standard InChI is InChI=1S/C33H40N4O7/c1-8-18(2)30(33(40)36-21-10-14-28(42-5)34-17-21)37-25-13-11-22-23(16-26(25)39)24(35-19(3)38)12-9-20-15-27(41-4)31(43-6)32(44-7)29(20)22/h10-11,13-18,24,30H,8-9,12H2,1-7H3,(H,35,38)(H,36,40)(H,37,39)/t18-,24+,30+/m0/s1. The number of rotatable bonds is 11. The van der Waals surface area contributed by atoms with Crippen molar-refractivity contribution in [3.63, 3.8) is 0 Å². The van der Waals surface area contributed by atoms with Gasteiger partial charge in [0.1, 0.15) is 6.04 Å². The molecule has 2 aromatic carbocycles. The van der Waals surface area contributed by atoms with Crippen LogP contribution >= 0.6 is 0 Å². The Balaban J connectivity index is 1.83. The molecule has 3 atom stereocenters. The summed E-state index contributed by atoms with van der Waals surface area (Å²) in [6, 6.07) is 9.12. The minimum atomic E-state index is -0.727. The van der Waals surface area contributed by atoms with Crippen LogP contribution in [0.3, 0.4) is 0 Å². The molecule has 0 saturated carbocycles. The summed E-state index contributed by atoms with van der Waals surface area (Å²) in [4.78, 5) is 43.7. The Morgan fingerprint density at radius 3 is 2.34 bits per heavy atom. The number of hydrogen-bond acceptors (Lipinski definition) is 9. The van der Waals surface area contributed by atoms with Crippen molar-refractivity contribution in [2.45, 2.75) is 52.1 Å². The lowest BCUT2D eigenvalue weighted by Gasteiger charge is -2.24. The van der Waals surface area contributed by atoms with Crippen molar-refractivity contribution in [1.82, 2.24) is 10.3 Å². The van der Waals surface area contributed by atoms with Gasteiger partial charge in [-0.1, -0.05) is 26.3 Å². The molecule has 0 bridgehead atoms. The van der Waals surface area contributed by atoms with Crippen LogP contribution in [0.15, 0.2) is 47.4 Å². The molecule has 1 heterocycles. The van der Waals surface area contributed by atoms with Crippen molar-refractivity contribution in [2.75, 3.05) is 39.1 Å². The van der Waals surface area contributed by atoms with Crippen LogP contribution in [0.2, 0.25) is 0 Å². The number of ether oxygens (including phenoxy) is 4. The van der Waals surface area contributed by atoms with Crippen LogP contribution in [0.1, 0.15) is 50.8 Å². The van der Waals surface area contributed by atoms with Gasteiger partial charge in [-0.15, -0.1) is 0 Å². The molecule has 1 aliphatic carbocycles. The lowest BCUT2D eigenvalue weighted by atomic mass is 9.95. The predicted molar refractivity (Wildman–Crippen MR) is 169 cm³/mol. The van der Waals surface area contributed by atoms with Gasteiger partial charge >= 0.3 is 0 Å². The number of carbonyl (C=O) groups is 2. The number of nitrogens with one attached hydrogen (secondary N) is 3. The number of carbonyl (C=O) groups excluding carboxylic acids is 2. The maximum absolute atomic E-state index is 13.8. The van der Waals surface area contributed by atoms with E-state index < -0.39 is 12.1 Å². The molecule has 4 rings (SSSR count). The Morgan fingerprint density at radius 1 is 1.00 bits per heavy atom. The topological polar surface area (TPSA) is 137 Å². The Morgan fingerprint density at radius 2 is 1.75 bits per heavy atom. The summed E-state index contributed by atoms with van der Waals surface area (Å²) >= 11 is 0. The first-order valence-corrected chi connectivity index (χ1v) is 14.5. The van der Waals surface area contributed by atoms with Crippen molar-refractivity contribution in [3.8, 4) is 34.3 Å². The number of anilines is 2. The summed E-state index contributed by atoms with van der Waals surface area (Å²) in [7, 11) is 6.17. The lowest BCUT2D eigenvalue weighted by Crippen LogP contribution is -2.40. The van der Waals surface area contributed by atoms with Crippen LogP contribution in [0.5, 0.6) is 23.1 Å². The fourth-order valence-corrected chi connectivity index (χ4v) is 5.49. The van der Waals surface area contributed by atoms with E-state index in [1.54, 1.807) is 32.4 Å². The SMILES string of the molecule is CC[C@H](C)[C@@H](Nc1ccc2c(cc1=O)[C@H](NC(C)=O)CCc1cc(OC)c(OC)c(OC)c1-2)C(=O)Nc1ccc(OC)nc1. The highest BCUT2D eigenvalue weighted by atomic mass is 16.5. The number of aryl methyl sites for hydroxylation is 1. The molecule has 11 heteroatoms. The summed E-state index contributed by atoms with van der Waals surface area (Å²) < 4.78 is 22.2. The predicted octanol–water partition coefficient (Wildman–Crippen LogP) is 4.73. The highest BCUT2D eigenvalue weighted by molar-refractivity contribution is 5.96. The van der Waals surface area contributed by atoms with E-state index in [9.17, 15) is 14.4 Å². The molecule has 1 aromatic heterocycles. The maximum atomic E-state index is 13.8. The van der Waals surface area contributed by atoms with Crippen LogP contribution in [0, 0.1) is 5.92 Å². The zero-order valence-electron chi connectivity index (χ0n) is 26.2. The molecule has 1 aliphatic rings. The summed E-state index contributed by atoms with van der Waals surface area (Å²) in [6.07, 6.45) is 3.33. The van der Waals surface area contributed by atoms with Crippen LogP contribution < -0.4 is 40.3 Å². The number of methoxy groups -OCH3 is 4. The normalized spacial score (nSPS) is 14.9. The van der Waals surface area contributed by atoms with E-state index in [-0.39, 0.29) is 28.8 Å². The molecule has 3 aromatic rings. The molecule has 3 N–H and O–H groups in total. The van der Waals surface area contributed by atoms with E-state index in [0.717, 1.165) is 11.1 Å². The van der Waals surface area contributed by atoms with E-state index in [1.807, 2.05) is 26.0 Å². The van der Waals surface area contributed by atoms with Gasteiger partial charge in [-0.25, -0.2) is 4.98 Å². The van der Waals surface area contributed by atoms with E-state index in [0.29, 0.717) is 59.2 Å². The average molecular weight is 605 g/mol. The molecule has 234 valence electrons. The molecule has 44 heavy (non-hydrogen) atoms. The first-order chi connectivity index (χ1) is 21.1. The van der Waals surface area contributed by atoms with Gasteiger partial charge in [0.15, 0.2) is 11.5 Å². The minimum Gasteiger partial charge on any atom is -0.493 e. The number of nitrogens with zero attached hydrogens (tertiary/aromatic N) is 1. The summed E-state index contributed by atoms with van der Waals surface area (Å²) in [5.41, 5.74) is 3.43. The van der Waals surface area contributed by atoms with E-state index >= 15 is 0 Å². The van der Waals surface area contributed by atoms with Crippen LogP contribution in [0.25, 0.3) is 11.1 Å². The quantitative estimate of drug-likeness (QED) is 0.284. The van der Waals surface area contributed by atoms with Gasteiger partial charge < -0.3 is 34.9 Å². The molecule has 2 amide bonds. The highest BCUT2D eigenvalue weighted by Gasteiger charge is 2.30. The van der Waals surface area contributed by atoms with Gasteiger partial charge in [-0.05, 0) is 59.7 Å². The first-order valence-electron chi connectivity index (χ1n) is 14.5. The molecule has 0 aliphatic heterocycles. The number of fused-ring (bicyclic) bond motifs is 3. The Bertz CT molecular complexity index is 1580. The number of hydrogen-bond donors (Lipinski definition) is 3. The molecule has 0 unspecified atom stereocenters. The third-order valence-electron chi connectivity index (χ3n) is 7.94. The Kier molecular flexibility index (Phi) is 10.3. The van der Waals surface area contributed by atoms with Crippen molar-refractivity contribution in [1.29, 1.82) is 0 Å². The van der Waals surface area contributed by atoms with Gasteiger partial charge in [-0.3, -0.25) is 14.4 Å². The van der Waals surface area contributed by atoms with Crippen molar-refractivity contribution in [2.24, 2.45) is 5.92 Å². The maximum Gasteiger partial charge on any atom is 0.247 e. The van der Waals surface area contributed by atoms with Crippen molar-refractivity contribution < 1.29 is 28.5 Å². The molecule has 0 saturated heterocycles. The van der Waals surface area contributed by atoms with Crippen molar-refractivity contribution >= 4 is 23.2 Å². The third-order valence-corrected chi connectivity index (χ3v) is 7.94. The summed E-state index contributed by atoms with van der Waals surface area (Å²) in [5.74, 6) is 1.19. The molecule has 0 fully saturated rings. The highest BCUT2D eigenvalue weighted by Crippen LogP contribution is 2.50. The second kappa shape index (κ2) is 14.1. The monoisotopic (exact) mass is 604 g/mol. The van der Waals surface area contributed by atoms with Crippen LogP contribution in [0.4, 0.5) is 11.4 Å². The van der Waals surface area contributed by atoms with E-state index in [4.69, 9.17) is 18.9 Å². The molecular weight excluding hydrogens is 564 g/mol. The molecule has 0 radical (unpaired) electrons. The van der Waals surface area contributed by atoms with E-state index in [1.165, 1.54) is 33.4 Å². The number of aromatic nitrogens is 1. The smallest absolute Gasteiger partial charge is 0.247 e. The van der Waals surface area contributed by atoms with Gasteiger partial charge in [-0.2, -0.15) is 0 Å². The van der Waals surface area contributed by atoms with Crippen molar-refractivity contribution in [3.05, 3.63) is 63.9 Å².